The van der Waals surface area contributed by atoms with Crippen LogP contribution in [-0.2, 0) is 5.41 Å². The third-order valence-corrected chi connectivity index (χ3v) is 4.07. The van der Waals surface area contributed by atoms with E-state index in [0.29, 0.717) is 11.6 Å². The first-order chi connectivity index (χ1) is 6.94. The van der Waals surface area contributed by atoms with Crippen LogP contribution < -0.4 is 5.73 Å². The number of aromatic hydroxyl groups is 1. The van der Waals surface area contributed by atoms with Crippen molar-refractivity contribution in [1.82, 2.24) is 0 Å². The number of nitrogens with two attached hydrogens (primary N) is 1. The van der Waals surface area contributed by atoms with E-state index in [-0.39, 0.29) is 16.6 Å². The number of halogens is 1. The van der Waals surface area contributed by atoms with E-state index in [1.165, 1.54) is 0 Å². The van der Waals surface area contributed by atoms with Gasteiger partial charge < -0.3 is 10.8 Å². The lowest BCUT2D eigenvalue weighted by Crippen LogP contribution is -2.25. The number of para-hydroxylation sites is 1. The van der Waals surface area contributed by atoms with Crippen LogP contribution >= 0.6 is 11.6 Å². The summed E-state index contributed by atoms with van der Waals surface area (Å²) in [6, 6.07) is 5.48. The minimum Gasteiger partial charge on any atom is -0.506 e. The molecular weight excluding hydrogens is 210 g/mol. The Kier molecular flexibility index (Phi) is 2.25. The maximum absolute atomic E-state index is 9.95. The minimum absolute atomic E-state index is 0.0953. The highest BCUT2D eigenvalue weighted by Crippen LogP contribution is 2.65. The van der Waals surface area contributed by atoms with Crippen molar-refractivity contribution in [3.05, 3.63) is 28.8 Å². The molecule has 1 fully saturated rings. The van der Waals surface area contributed by atoms with E-state index >= 15 is 0 Å². The molecule has 0 spiro atoms. The van der Waals surface area contributed by atoms with Gasteiger partial charge in [0.05, 0.1) is 5.02 Å². The highest BCUT2D eigenvalue weighted by Gasteiger charge is 2.62. The largest absolute Gasteiger partial charge is 0.506 e. The normalized spacial score (nSPS) is 27.7. The van der Waals surface area contributed by atoms with Crippen molar-refractivity contribution < 1.29 is 5.11 Å². The molecule has 0 aliphatic heterocycles. The van der Waals surface area contributed by atoms with Gasteiger partial charge in [-0.15, -0.1) is 0 Å². The monoisotopic (exact) mass is 225 g/mol. The van der Waals surface area contributed by atoms with Crippen molar-refractivity contribution >= 4 is 11.6 Å². The van der Waals surface area contributed by atoms with Crippen LogP contribution in [0.15, 0.2) is 18.2 Å². The smallest absolute Gasteiger partial charge is 0.137 e. The topological polar surface area (TPSA) is 46.2 Å². The highest BCUT2D eigenvalue weighted by molar-refractivity contribution is 6.32. The average molecular weight is 226 g/mol. The average Bonchev–Trinajstić information content (AvgIpc) is 2.74. The molecule has 3 N–H and O–H groups in total. The van der Waals surface area contributed by atoms with Crippen molar-refractivity contribution in [2.24, 2.45) is 11.1 Å². The van der Waals surface area contributed by atoms with Crippen LogP contribution in [0.3, 0.4) is 0 Å². The number of hydrogen-bond acceptors (Lipinski definition) is 2. The molecule has 1 aromatic carbocycles. The number of hydrogen-bond donors (Lipinski definition) is 2. The van der Waals surface area contributed by atoms with Crippen LogP contribution in [0.1, 0.15) is 25.8 Å². The van der Waals surface area contributed by atoms with E-state index in [2.05, 4.69) is 13.8 Å². The molecule has 1 aliphatic carbocycles. The molecule has 3 heteroatoms. The lowest BCUT2D eigenvalue weighted by Gasteiger charge is -2.20. The molecule has 1 saturated carbocycles. The number of benzene rings is 1. The molecule has 1 atom stereocenters. The quantitative estimate of drug-likeness (QED) is 0.813. The lowest BCUT2D eigenvalue weighted by molar-refractivity contribution is 0.437. The Morgan fingerprint density at radius 2 is 2.07 bits per heavy atom. The molecule has 2 nitrogen and oxygen atoms in total. The predicted octanol–water partition coefficient (Wildman–Crippen LogP) is 2.67. The van der Waals surface area contributed by atoms with E-state index in [9.17, 15) is 5.11 Å². The van der Waals surface area contributed by atoms with Gasteiger partial charge in [-0.25, -0.2) is 0 Å². The zero-order valence-electron chi connectivity index (χ0n) is 9.05. The fourth-order valence-corrected chi connectivity index (χ4v) is 2.70. The summed E-state index contributed by atoms with van der Waals surface area (Å²) < 4.78 is 0. The molecule has 0 saturated heterocycles. The zero-order chi connectivity index (χ0) is 11.3. The molecule has 82 valence electrons. The van der Waals surface area contributed by atoms with Gasteiger partial charge in [-0.1, -0.05) is 37.6 Å². The molecule has 0 bridgehead atoms. The summed E-state index contributed by atoms with van der Waals surface area (Å²) in [5.74, 6) is 0.190. The summed E-state index contributed by atoms with van der Waals surface area (Å²) in [4.78, 5) is 0. The SMILES string of the molecule is CC1(C)CC1(CN)c1cccc(Cl)c1O. The van der Waals surface area contributed by atoms with Gasteiger partial charge in [-0.2, -0.15) is 0 Å². The fourth-order valence-electron chi connectivity index (χ4n) is 2.53. The molecule has 15 heavy (non-hydrogen) atoms. The van der Waals surface area contributed by atoms with E-state index in [1.807, 2.05) is 12.1 Å². The zero-order valence-corrected chi connectivity index (χ0v) is 9.80. The molecule has 2 rings (SSSR count). The highest BCUT2D eigenvalue weighted by atomic mass is 35.5. The van der Waals surface area contributed by atoms with Crippen LogP contribution in [0.2, 0.25) is 5.02 Å². The Hall–Kier alpha value is -0.730. The van der Waals surface area contributed by atoms with Crippen LogP contribution in [0.25, 0.3) is 0 Å². The first-order valence-electron chi connectivity index (χ1n) is 5.13. The summed E-state index contributed by atoms with van der Waals surface area (Å²) >= 11 is 5.91. The number of rotatable bonds is 2. The standard InChI is InChI=1S/C12H16ClNO/c1-11(2)6-12(11,7-14)8-4-3-5-9(13)10(8)15/h3-5,15H,6-7,14H2,1-2H3. The van der Waals surface area contributed by atoms with E-state index in [1.54, 1.807) is 6.07 Å². The predicted molar refractivity (Wildman–Crippen MR) is 62.2 cm³/mol. The van der Waals surface area contributed by atoms with Crippen molar-refractivity contribution in [3.8, 4) is 5.75 Å². The lowest BCUT2D eigenvalue weighted by atomic mass is 9.87. The summed E-state index contributed by atoms with van der Waals surface area (Å²) in [6.07, 6.45) is 1.00. The van der Waals surface area contributed by atoms with Gasteiger partial charge in [0.15, 0.2) is 0 Å². The van der Waals surface area contributed by atoms with E-state index in [0.717, 1.165) is 12.0 Å². The Labute approximate surface area is 95.1 Å². The second kappa shape index (κ2) is 3.13. The summed E-state index contributed by atoms with van der Waals surface area (Å²) in [7, 11) is 0. The van der Waals surface area contributed by atoms with Gasteiger partial charge in [0, 0.05) is 17.5 Å². The Bertz CT molecular complexity index is 403. The van der Waals surface area contributed by atoms with Gasteiger partial charge in [0.1, 0.15) is 5.75 Å². The number of phenolic OH excluding ortho intramolecular Hbond substituents is 1. The minimum atomic E-state index is -0.0953. The Morgan fingerprint density at radius 1 is 1.47 bits per heavy atom. The van der Waals surface area contributed by atoms with E-state index in [4.69, 9.17) is 17.3 Å². The summed E-state index contributed by atoms with van der Waals surface area (Å²) in [5, 5.41) is 10.4. The molecular formula is C12H16ClNO. The second-order valence-electron chi connectivity index (χ2n) is 4.98. The van der Waals surface area contributed by atoms with Crippen LogP contribution in [0.5, 0.6) is 5.75 Å². The molecule has 1 unspecified atom stereocenters. The molecule has 1 aliphatic rings. The van der Waals surface area contributed by atoms with Gasteiger partial charge in [0.25, 0.3) is 0 Å². The van der Waals surface area contributed by atoms with Gasteiger partial charge in [-0.05, 0) is 17.9 Å². The first kappa shape index (κ1) is 10.8. The van der Waals surface area contributed by atoms with Crippen LogP contribution in [-0.4, -0.2) is 11.7 Å². The molecule has 0 heterocycles. The number of phenols is 1. The van der Waals surface area contributed by atoms with Gasteiger partial charge in [-0.3, -0.25) is 0 Å². The van der Waals surface area contributed by atoms with Crippen LogP contribution in [0, 0.1) is 5.41 Å². The van der Waals surface area contributed by atoms with Crippen molar-refractivity contribution in [2.75, 3.05) is 6.54 Å². The third kappa shape index (κ3) is 1.35. The summed E-state index contributed by atoms with van der Waals surface area (Å²) in [5.41, 5.74) is 6.79. The summed E-state index contributed by atoms with van der Waals surface area (Å²) in [6.45, 7) is 4.88. The van der Waals surface area contributed by atoms with E-state index < -0.39 is 0 Å². The molecule has 1 aromatic rings. The molecule has 0 radical (unpaired) electrons. The maximum atomic E-state index is 9.95. The van der Waals surface area contributed by atoms with Crippen LogP contribution in [0.4, 0.5) is 0 Å². The van der Waals surface area contributed by atoms with Gasteiger partial charge in [0.2, 0.25) is 0 Å². The second-order valence-corrected chi connectivity index (χ2v) is 5.39. The van der Waals surface area contributed by atoms with Crippen molar-refractivity contribution in [3.63, 3.8) is 0 Å². The van der Waals surface area contributed by atoms with Crippen molar-refractivity contribution in [2.45, 2.75) is 25.7 Å². The Balaban J connectivity index is 2.51. The first-order valence-corrected chi connectivity index (χ1v) is 5.50. The Morgan fingerprint density at radius 3 is 2.53 bits per heavy atom. The molecule has 0 aromatic heterocycles. The van der Waals surface area contributed by atoms with Crippen molar-refractivity contribution in [1.29, 1.82) is 0 Å². The fraction of sp³-hybridized carbons (Fsp3) is 0.500. The van der Waals surface area contributed by atoms with Gasteiger partial charge >= 0.3 is 0 Å². The molecule has 0 amide bonds. The third-order valence-electron chi connectivity index (χ3n) is 3.77. The maximum Gasteiger partial charge on any atom is 0.137 e.